The lowest BCUT2D eigenvalue weighted by Gasteiger charge is -2.12. The average Bonchev–Trinajstić information content (AvgIpc) is 2.46. The van der Waals surface area contributed by atoms with Gasteiger partial charge in [0.15, 0.2) is 23.1 Å². The maximum atomic E-state index is 13.6. The zero-order valence-electron chi connectivity index (χ0n) is 11.8. The van der Waals surface area contributed by atoms with Gasteiger partial charge in [0.2, 0.25) is 0 Å². The summed E-state index contributed by atoms with van der Waals surface area (Å²) < 4.78 is 29.4. The lowest BCUT2D eigenvalue weighted by molar-refractivity contribution is 0.283. The van der Waals surface area contributed by atoms with E-state index in [4.69, 9.17) is 14.2 Å². The third kappa shape index (κ3) is 3.20. The molecule has 0 unspecified atom stereocenters. The third-order valence-corrected chi connectivity index (χ3v) is 2.93. The minimum absolute atomic E-state index is 0.224. The topological polar surface area (TPSA) is 27.7 Å². The molecule has 0 spiro atoms. The van der Waals surface area contributed by atoms with Crippen LogP contribution in [0.3, 0.4) is 0 Å². The highest BCUT2D eigenvalue weighted by Crippen LogP contribution is 2.28. The molecule has 2 aromatic carbocycles. The van der Waals surface area contributed by atoms with Gasteiger partial charge in [0.05, 0.1) is 14.2 Å². The van der Waals surface area contributed by atoms with Crippen LogP contribution in [0.1, 0.15) is 11.1 Å². The lowest BCUT2D eigenvalue weighted by atomic mass is 10.2. The summed E-state index contributed by atoms with van der Waals surface area (Å²) in [5, 5.41) is 0. The Kier molecular flexibility index (Phi) is 4.45. The lowest BCUT2D eigenvalue weighted by Crippen LogP contribution is -1.99. The molecule has 0 aromatic heterocycles. The predicted octanol–water partition coefficient (Wildman–Crippen LogP) is 3.73. The highest BCUT2D eigenvalue weighted by Gasteiger charge is 2.07. The molecule has 0 heterocycles. The maximum Gasteiger partial charge on any atom is 0.165 e. The maximum absolute atomic E-state index is 13.6. The molecule has 0 fully saturated rings. The van der Waals surface area contributed by atoms with Crippen LogP contribution in [0.15, 0.2) is 36.4 Å². The number of methoxy groups -OCH3 is 2. The summed E-state index contributed by atoms with van der Waals surface area (Å²) in [4.78, 5) is 0. The molecule has 0 aliphatic heterocycles. The smallest absolute Gasteiger partial charge is 0.165 e. The van der Waals surface area contributed by atoms with Crippen LogP contribution in [-0.4, -0.2) is 14.2 Å². The molecule has 0 bridgehead atoms. The number of aryl methyl sites for hydroxylation is 1. The second-order valence-corrected chi connectivity index (χ2v) is 4.41. The third-order valence-electron chi connectivity index (χ3n) is 2.93. The second-order valence-electron chi connectivity index (χ2n) is 4.41. The molecule has 0 saturated heterocycles. The van der Waals surface area contributed by atoms with E-state index in [1.54, 1.807) is 19.2 Å². The molecule has 0 aliphatic rings. The quantitative estimate of drug-likeness (QED) is 0.832. The van der Waals surface area contributed by atoms with E-state index in [9.17, 15) is 4.39 Å². The van der Waals surface area contributed by atoms with Crippen molar-refractivity contribution in [2.24, 2.45) is 0 Å². The highest BCUT2D eigenvalue weighted by atomic mass is 19.1. The summed E-state index contributed by atoms with van der Waals surface area (Å²) in [6, 6.07) is 10.4. The molecule has 3 nitrogen and oxygen atoms in total. The first-order valence-corrected chi connectivity index (χ1v) is 6.24. The van der Waals surface area contributed by atoms with Gasteiger partial charge in [-0.3, -0.25) is 0 Å². The van der Waals surface area contributed by atoms with E-state index in [-0.39, 0.29) is 12.4 Å². The molecular formula is C16H17FO3. The van der Waals surface area contributed by atoms with Gasteiger partial charge in [-0.2, -0.15) is 0 Å². The van der Waals surface area contributed by atoms with E-state index < -0.39 is 5.82 Å². The largest absolute Gasteiger partial charge is 0.494 e. The molecule has 2 rings (SSSR count). The molecule has 0 amide bonds. The molecule has 0 saturated carbocycles. The van der Waals surface area contributed by atoms with Crippen molar-refractivity contribution in [3.63, 3.8) is 0 Å². The van der Waals surface area contributed by atoms with Crippen molar-refractivity contribution in [1.29, 1.82) is 0 Å². The van der Waals surface area contributed by atoms with Crippen molar-refractivity contribution in [2.45, 2.75) is 13.5 Å². The molecule has 0 aliphatic carbocycles. The van der Waals surface area contributed by atoms with Crippen LogP contribution < -0.4 is 14.2 Å². The van der Waals surface area contributed by atoms with E-state index in [2.05, 4.69) is 0 Å². The monoisotopic (exact) mass is 276 g/mol. The molecule has 2 aromatic rings. The summed E-state index contributed by atoms with van der Waals surface area (Å²) in [5.74, 6) is 1.12. The Bertz CT molecular complexity index is 596. The van der Waals surface area contributed by atoms with Crippen LogP contribution >= 0.6 is 0 Å². The Balaban J connectivity index is 2.10. The van der Waals surface area contributed by atoms with Gasteiger partial charge in [0.1, 0.15) is 6.61 Å². The van der Waals surface area contributed by atoms with E-state index in [0.29, 0.717) is 11.5 Å². The Morgan fingerprint density at radius 2 is 1.60 bits per heavy atom. The van der Waals surface area contributed by atoms with E-state index >= 15 is 0 Å². The Morgan fingerprint density at radius 1 is 0.900 bits per heavy atom. The summed E-state index contributed by atoms with van der Waals surface area (Å²) in [5.41, 5.74) is 1.82. The second kappa shape index (κ2) is 6.28. The summed E-state index contributed by atoms with van der Waals surface area (Å²) in [6.07, 6.45) is 0. The first-order valence-electron chi connectivity index (χ1n) is 6.24. The van der Waals surface area contributed by atoms with E-state index in [0.717, 1.165) is 11.1 Å². The van der Waals surface area contributed by atoms with Crippen LogP contribution in [0.25, 0.3) is 0 Å². The van der Waals surface area contributed by atoms with Gasteiger partial charge < -0.3 is 14.2 Å². The minimum Gasteiger partial charge on any atom is -0.494 e. The predicted molar refractivity (Wildman–Crippen MR) is 75.0 cm³/mol. The molecular weight excluding hydrogens is 259 g/mol. The Hall–Kier alpha value is -2.23. The molecule has 0 atom stereocenters. The number of rotatable bonds is 5. The van der Waals surface area contributed by atoms with E-state index in [1.807, 2.05) is 25.1 Å². The van der Waals surface area contributed by atoms with Gasteiger partial charge in [-0.05, 0) is 42.3 Å². The SMILES string of the molecule is COc1ccc(COc2ccc(C)cc2OC)cc1F. The van der Waals surface area contributed by atoms with Crippen molar-refractivity contribution in [2.75, 3.05) is 14.2 Å². The van der Waals surface area contributed by atoms with Crippen molar-refractivity contribution >= 4 is 0 Å². The van der Waals surface area contributed by atoms with Gasteiger partial charge in [-0.25, -0.2) is 4.39 Å². The first-order chi connectivity index (χ1) is 9.63. The van der Waals surface area contributed by atoms with Gasteiger partial charge >= 0.3 is 0 Å². The van der Waals surface area contributed by atoms with E-state index in [1.165, 1.54) is 13.2 Å². The van der Waals surface area contributed by atoms with Gasteiger partial charge in [-0.1, -0.05) is 12.1 Å². The number of halogens is 1. The Morgan fingerprint density at radius 3 is 2.25 bits per heavy atom. The Labute approximate surface area is 117 Å². The van der Waals surface area contributed by atoms with Crippen molar-refractivity contribution in [3.8, 4) is 17.2 Å². The zero-order chi connectivity index (χ0) is 14.5. The number of ether oxygens (including phenoxy) is 3. The molecule has 20 heavy (non-hydrogen) atoms. The van der Waals surface area contributed by atoms with Crippen LogP contribution in [0.4, 0.5) is 4.39 Å². The van der Waals surface area contributed by atoms with Gasteiger partial charge in [0, 0.05) is 0 Å². The minimum atomic E-state index is -0.399. The van der Waals surface area contributed by atoms with Crippen molar-refractivity contribution < 1.29 is 18.6 Å². The molecule has 0 radical (unpaired) electrons. The molecule has 4 heteroatoms. The molecule has 106 valence electrons. The van der Waals surface area contributed by atoms with Gasteiger partial charge in [0.25, 0.3) is 0 Å². The summed E-state index contributed by atoms with van der Waals surface area (Å²) in [7, 11) is 3.03. The fraction of sp³-hybridized carbons (Fsp3) is 0.250. The standard InChI is InChI=1S/C16H17FO3/c1-11-4-6-15(16(8-11)19-3)20-10-12-5-7-14(18-2)13(17)9-12/h4-9H,10H2,1-3H3. The first kappa shape index (κ1) is 14.2. The fourth-order valence-electron chi connectivity index (χ4n) is 1.85. The van der Waals surface area contributed by atoms with Crippen LogP contribution in [0.5, 0.6) is 17.2 Å². The zero-order valence-corrected chi connectivity index (χ0v) is 11.8. The average molecular weight is 276 g/mol. The van der Waals surface area contributed by atoms with Crippen LogP contribution in [0, 0.1) is 12.7 Å². The highest BCUT2D eigenvalue weighted by molar-refractivity contribution is 5.42. The normalized spacial score (nSPS) is 10.2. The number of hydrogen-bond acceptors (Lipinski definition) is 3. The van der Waals surface area contributed by atoms with Crippen LogP contribution in [-0.2, 0) is 6.61 Å². The van der Waals surface area contributed by atoms with Crippen molar-refractivity contribution in [1.82, 2.24) is 0 Å². The van der Waals surface area contributed by atoms with Crippen molar-refractivity contribution in [3.05, 3.63) is 53.3 Å². The van der Waals surface area contributed by atoms with Crippen LogP contribution in [0.2, 0.25) is 0 Å². The fourth-order valence-corrected chi connectivity index (χ4v) is 1.85. The summed E-state index contributed by atoms with van der Waals surface area (Å²) in [6.45, 7) is 2.24. The van der Waals surface area contributed by atoms with Gasteiger partial charge in [-0.15, -0.1) is 0 Å². The number of benzene rings is 2. The number of hydrogen-bond donors (Lipinski definition) is 0. The summed E-state index contributed by atoms with van der Waals surface area (Å²) >= 11 is 0. The molecule has 0 N–H and O–H groups in total.